The van der Waals surface area contributed by atoms with Crippen LogP contribution >= 0.6 is 23.1 Å². The van der Waals surface area contributed by atoms with E-state index >= 15 is 0 Å². The van der Waals surface area contributed by atoms with E-state index in [9.17, 15) is 9.59 Å². The number of benzene rings is 2. The second kappa shape index (κ2) is 11.0. The minimum atomic E-state index is -0.535. The van der Waals surface area contributed by atoms with E-state index in [4.69, 9.17) is 10.5 Å². The summed E-state index contributed by atoms with van der Waals surface area (Å²) in [4.78, 5) is 27.6. The van der Waals surface area contributed by atoms with E-state index in [2.05, 4.69) is 22.8 Å². The van der Waals surface area contributed by atoms with Gasteiger partial charge in [-0.05, 0) is 74.4 Å². The number of thioether (sulfide) groups is 1. The van der Waals surface area contributed by atoms with E-state index in [-0.39, 0.29) is 5.91 Å². The molecule has 3 rings (SSSR count). The summed E-state index contributed by atoms with van der Waals surface area (Å²) >= 11 is 3.39. The van der Waals surface area contributed by atoms with E-state index in [1.807, 2.05) is 37.4 Å². The number of amides is 2. The summed E-state index contributed by atoms with van der Waals surface area (Å²) in [5, 5.41) is 5.52. The minimum Gasteiger partial charge on any atom is -0.448 e. The summed E-state index contributed by atoms with van der Waals surface area (Å²) in [6.07, 6.45) is 1.51. The molecule has 2 aromatic carbocycles. The van der Waals surface area contributed by atoms with Crippen LogP contribution in [-0.2, 0) is 4.74 Å². The number of likely N-dealkylation sites (N-methyl/N-ethyl adjacent to an activating group) is 1. The first-order valence-corrected chi connectivity index (χ1v) is 11.9. The van der Waals surface area contributed by atoms with Crippen LogP contribution in [0.25, 0.3) is 10.4 Å². The van der Waals surface area contributed by atoms with E-state index in [1.165, 1.54) is 4.21 Å². The second-order valence-electron chi connectivity index (χ2n) is 7.22. The van der Waals surface area contributed by atoms with Crippen molar-refractivity contribution in [2.75, 3.05) is 49.9 Å². The number of anilines is 3. The van der Waals surface area contributed by atoms with Gasteiger partial charge < -0.3 is 20.7 Å². The lowest BCUT2D eigenvalue weighted by Crippen LogP contribution is -2.22. The molecule has 0 fully saturated rings. The topological polar surface area (TPSA) is 96.7 Å². The van der Waals surface area contributed by atoms with Crippen molar-refractivity contribution in [2.45, 2.75) is 4.21 Å². The van der Waals surface area contributed by atoms with Crippen LogP contribution in [0.5, 0.6) is 0 Å². The fourth-order valence-corrected chi connectivity index (χ4v) is 4.32. The highest BCUT2D eigenvalue weighted by Gasteiger charge is 2.11. The standard InChI is InChI=1S/C23H26N4O3S2/c1-27(2)12-13-30-23(29)25-17-7-4-15(5-8-17)22(28)26-19-14-16(6-9-18(19)24)20-10-11-21(31-3)32-20/h4-11,14H,12-13,24H2,1-3H3,(H,25,29)(H,26,28). The number of carbonyl (C=O) groups is 2. The Morgan fingerprint density at radius 2 is 1.81 bits per heavy atom. The van der Waals surface area contributed by atoms with E-state index < -0.39 is 6.09 Å². The molecule has 0 aliphatic heterocycles. The van der Waals surface area contributed by atoms with Crippen LogP contribution in [0.15, 0.2) is 58.8 Å². The number of nitrogens with two attached hydrogens (primary N) is 1. The van der Waals surface area contributed by atoms with E-state index in [0.717, 1.165) is 10.4 Å². The molecule has 1 aromatic heterocycles. The average molecular weight is 471 g/mol. The lowest BCUT2D eigenvalue weighted by atomic mass is 10.1. The second-order valence-corrected chi connectivity index (χ2v) is 9.41. The lowest BCUT2D eigenvalue weighted by molar-refractivity contribution is 0.102. The highest BCUT2D eigenvalue weighted by atomic mass is 32.2. The monoisotopic (exact) mass is 470 g/mol. The Hall–Kier alpha value is -3.01. The molecule has 2 amide bonds. The predicted molar refractivity (Wildman–Crippen MR) is 134 cm³/mol. The first-order valence-electron chi connectivity index (χ1n) is 9.89. The minimum absolute atomic E-state index is 0.287. The Morgan fingerprint density at radius 1 is 1.06 bits per heavy atom. The van der Waals surface area contributed by atoms with Crippen LogP contribution in [0, 0.1) is 0 Å². The molecule has 0 bridgehead atoms. The molecule has 0 saturated carbocycles. The highest BCUT2D eigenvalue weighted by Crippen LogP contribution is 2.35. The zero-order valence-corrected chi connectivity index (χ0v) is 19.8. The first kappa shape index (κ1) is 23.6. The Labute approximate surface area is 195 Å². The van der Waals surface area contributed by atoms with Crippen molar-refractivity contribution in [3.05, 3.63) is 60.2 Å². The maximum atomic E-state index is 12.7. The van der Waals surface area contributed by atoms with Crippen LogP contribution in [-0.4, -0.2) is 50.4 Å². The highest BCUT2D eigenvalue weighted by molar-refractivity contribution is 8.00. The Bertz CT molecular complexity index is 1080. The number of carbonyl (C=O) groups excluding carboxylic acids is 2. The van der Waals surface area contributed by atoms with E-state index in [1.54, 1.807) is 53.4 Å². The molecule has 9 heteroatoms. The molecule has 32 heavy (non-hydrogen) atoms. The largest absolute Gasteiger partial charge is 0.448 e. The molecule has 7 nitrogen and oxygen atoms in total. The van der Waals surface area contributed by atoms with Crippen molar-refractivity contribution in [3.8, 4) is 10.4 Å². The van der Waals surface area contributed by atoms with Crippen molar-refractivity contribution >= 4 is 52.2 Å². The number of thiophene rings is 1. The average Bonchev–Trinajstić information content (AvgIpc) is 3.25. The molecular formula is C23H26N4O3S2. The zero-order valence-electron chi connectivity index (χ0n) is 18.2. The van der Waals surface area contributed by atoms with Gasteiger partial charge in [0, 0.05) is 22.7 Å². The molecule has 4 N–H and O–H groups in total. The van der Waals surface area contributed by atoms with Gasteiger partial charge >= 0.3 is 6.09 Å². The maximum absolute atomic E-state index is 12.7. The van der Waals surface area contributed by atoms with Crippen molar-refractivity contribution in [1.29, 1.82) is 0 Å². The molecule has 0 aliphatic carbocycles. The Balaban J connectivity index is 1.63. The molecule has 0 aliphatic rings. The van der Waals surface area contributed by atoms with E-state index in [0.29, 0.717) is 35.8 Å². The third-order valence-corrected chi connectivity index (χ3v) is 6.75. The first-order chi connectivity index (χ1) is 15.4. The normalized spacial score (nSPS) is 10.8. The third kappa shape index (κ3) is 6.49. The van der Waals surface area contributed by atoms with Gasteiger partial charge in [0.05, 0.1) is 15.6 Å². The maximum Gasteiger partial charge on any atom is 0.411 e. The molecule has 0 radical (unpaired) electrons. The summed E-state index contributed by atoms with van der Waals surface area (Å²) in [5.74, 6) is -0.287. The van der Waals surface area contributed by atoms with Gasteiger partial charge in [0.15, 0.2) is 0 Å². The molecule has 0 atom stereocenters. The number of hydrogen-bond donors (Lipinski definition) is 3. The number of ether oxygens (including phenoxy) is 1. The zero-order chi connectivity index (χ0) is 23.1. The van der Waals surface area contributed by atoms with Crippen LogP contribution in [0.2, 0.25) is 0 Å². The summed E-state index contributed by atoms with van der Waals surface area (Å²) in [6.45, 7) is 0.936. The van der Waals surface area contributed by atoms with Crippen LogP contribution < -0.4 is 16.4 Å². The van der Waals surface area contributed by atoms with Gasteiger partial charge in [-0.2, -0.15) is 0 Å². The summed E-state index contributed by atoms with van der Waals surface area (Å²) in [7, 11) is 3.80. The SMILES string of the molecule is CSc1ccc(-c2ccc(N)c(NC(=O)c3ccc(NC(=O)OCCN(C)C)cc3)c2)s1. The molecule has 168 valence electrons. The Kier molecular flexibility index (Phi) is 8.15. The van der Waals surface area contributed by atoms with Gasteiger partial charge in [-0.15, -0.1) is 23.1 Å². The van der Waals surface area contributed by atoms with Gasteiger partial charge in [-0.25, -0.2) is 4.79 Å². The summed E-state index contributed by atoms with van der Waals surface area (Å²) in [5.41, 5.74) is 9.11. The van der Waals surface area contributed by atoms with Gasteiger partial charge in [-0.1, -0.05) is 6.07 Å². The van der Waals surface area contributed by atoms with Gasteiger partial charge in [0.25, 0.3) is 5.91 Å². The number of nitrogens with one attached hydrogen (secondary N) is 2. The fraction of sp³-hybridized carbons (Fsp3) is 0.217. The molecule has 0 spiro atoms. The van der Waals surface area contributed by atoms with Gasteiger partial charge in [0.2, 0.25) is 0 Å². The molecule has 0 saturated heterocycles. The van der Waals surface area contributed by atoms with Crippen LogP contribution in [0.3, 0.4) is 0 Å². The molecule has 1 heterocycles. The summed E-state index contributed by atoms with van der Waals surface area (Å²) in [6, 6.07) is 16.3. The number of hydrogen-bond acceptors (Lipinski definition) is 7. The van der Waals surface area contributed by atoms with Gasteiger partial charge in [0.1, 0.15) is 6.61 Å². The van der Waals surface area contributed by atoms with Crippen molar-refractivity contribution in [3.63, 3.8) is 0 Å². The van der Waals surface area contributed by atoms with Crippen LogP contribution in [0.4, 0.5) is 21.9 Å². The van der Waals surface area contributed by atoms with Crippen molar-refractivity contribution < 1.29 is 14.3 Å². The third-order valence-electron chi connectivity index (χ3n) is 4.53. The predicted octanol–water partition coefficient (Wildman–Crippen LogP) is 5.08. The number of nitrogens with zero attached hydrogens (tertiary/aromatic N) is 1. The van der Waals surface area contributed by atoms with Gasteiger partial charge in [-0.3, -0.25) is 10.1 Å². The fourth-order valence-electron chi connectivity index (χ4n) is 2.78. The van der Waals surface area contributed by atoms with Crippen molar-refractivity contribution in [1.82, 2.24) is 4.90 Å². The number of rotatable bonds is 8. The molecular weight excluding hydrogens is 444 g/mol. The molecule has 3 aromatic rings. The molecule has 0 unspecified atom stereocenters. The summed E-state index contributed by atoms with van der Waals surface area (Å²) < 4.78 is 6.32. The van der Waals surface area contributed by atoms with Crippen LogP contribution in [0.1, 0.15) is 10.4 Å². The quantitative estimate of drug-likeness (QED) is 0.314. The smallest absolute Gasteiger partial charge is 0.411 e. The Morgan fingerprint density at radius 3 is 2.47 bits per heavy atom. The number of nitrogen functional groups attached to an aromatic ring is 1. The van der Waals surface area contributed by atoms with Crippen molar-refractivity contribution in [2.24, 2.45) is 0 Å². The lowest BCUT2D eigenvalue weighted by Gasteiger charge is -2.12.